The van der Waals surface area contributed by atoms with Crippen molar-refractivity contribution >= 4 is 10.9 Å². The van der Waals surface area contributed by atoms with Crippen molar-refractivity contribution in [2.24, 2.45) is 0 Å². The van der Waals surface area contributed by atoms with Crippen molar-refractivity contribution in [3.63, 3.8) is 0 Å². The van der Waals surface area contributed by atoms with Crippen LogP contribution in [0.25, 0.3) is 22.2 Å². The Kier molecular flexibility index (Phi) is 7.34. The molecule has 2 heterocycles. The van der Waals surface area contributed by atoms with Crippen molar-refractivity contribution in [1.82, 2.24) is 20.5 Å². The number of nitrogens with zero attached hydrogens (tertiary/aromatic N) is 2. The number of fused-ring (bicyclic) bond motifs is 1. The average molecular weight is 497 g/mol. The van der Waals surface area contributed by atoms with Gasteiger partial charge in [0.25, 0.3) is 0 Å². The van der Waals surface area contributed by atoms with E-state index in [0.29, 0.717) is 24.5 Å². The predicted octanol–water partition coefficient (Wildman–Crippen LogP) is 7.71. The molecule has 5 rings (SSSR count). The number of nitrogens with one attached hydrogen (secondary N) is 2. The summed E-state index contributed by atoms with van der Waals surface area (Å²) in [5.74, 6) is 1.80. The molecule has 1 aliphatic carbocycles. The van der Waals surface area contributed by atoms with Gasteiger partial charge in [-0.2, -0.15) is 5.10 Å². The number of benzene rings is 2. The Labute approximate surface area is 221 Å². The third kappa shape index (κ3) is 5.28. The summed E-state index contributed by atoms with van der Waals surface area (Å²) in [5, 5.41) is 12.4. The third-order valence-corrected chi connectivity index (χ3v) is 7.90. The van der Waals surface area contributed by atoms with Gasteiger partial charge in [0, 0.05) is 34.8 Å². The first-order valence-corrected chi connectivity index (χ1v) is 13.7. The molecule has 0 atom stereocenters. The second-order valence-electron chi connectivity index (χ2n) is 11.2. The molecule has 1 saturated carbocycles. The van der Waals surface area contributed by atoms with Crippen LogP contribution in [0.3, 0.4) is 0 Å². The first kappa shape index (κ1) is 25.5. The zero-order chi connectivity index (χ0) is 26.1. The Balaban J connectivity index is 1.54. The van der Waals surface area contributed by atoms with E-state index in [4.69, 9.17) is 9.72 Å². The molecule has 0 aliphatic heterocycles. The Hall–Kier alpha value is -3.18. The van der Waals surface area contributed by atoms with Crippen molar-refractivity contribution in [1.29, 1.82) is 0 Å². The van der Waals surface area contributed by atoms with Gasteiger partial charge in [-0.3, -0.25) is 10.1 Å². The molecule has 37 heavy (non-hydrogen) atoms. The predicted molar refractivity (Wildman–Crippen MR) is 152 cm³/mol. The highest BCUT2D eigenvalue weighted by atomic mass is 16.5. The number of H-pyrrole nitrogens is 1. The minimum atomic E-state index is 0.382. The maximum atomic E-state index is 6.46. The summed E-state index contributed by atoms with van der Waals surface area (Å²) in [6.45, 7) is 14.5. The molecule has 194 valence electrons. The molecule has 2 aromatic carbocycles. The van der Waals surface area contributed by atoms with Gasteiger partial charge < -0.3 is 10.1 Å². The van der Waals surface area contributed by atoms with Crippen LogP contribution in [0.15, 0.2) is 42.6 Å². The van der Waals surface area contributed by atoms with Gasteiger partial charge in [-0.1, -0.05) is 52.3 Å². The summed E-state index contributed by atoms with van der Waals surface area (Å²) in [4.78, 5) is 5.17. The molecule has 1 fully saturated rings. The smallest absolute Gasteiger partial charge is 0.123 e. The second-order valence-corrected chi connectivity index (χ2v) is 11.2. The molecule has 5 heteroatoms. The topological polar surface area (TPSA) is 62.8 Å². The largest absolute Gasteiger partial charge is 0.489 e. The number of aromatic amines is 1. The van der Waals surface area contributed by atoms with Crippen LogP contribution in [0.2, 0.25) is 0 Å². The van der Waals surface area contributed by atoms with Crippen LogP contribution in [-0.4, -0.2) is 21.2 Å². The average Bonchev–Trinajstić information content (AvgIpc) is 3.31. The van der Waals surface area contributed by atoms with Crippen molar-refractivity contribution in [2.75, 3.05) is 0 Å². The van der Waals surface area contributed by atoms with E-state index < -0.39 is 0 Å². The fourth-order valence-corrected chi connectivity index (χ4v) is 5.20. The lowest BCUT2D eigenvalue weighted by Gasteiger charge is -2.27. The minimum Gasteiger partial charge on any atom is -0.489 e. The number of hydrogen-bond donors (Lipinski definition) is 2. The molecule has 5 nitrogen and oxygen atoms in total. The lowest BCUT2D eigenvalue weighted by atomic mass is 9.90. The number of hydrogen-bond acceptors (Lipinski definition) is 4. The molecule has 0 unspecified atom stereocenters. The van der Waals surface area contributed by atoms with Crippen LogP contribution >= 0.6 is 0 Å². The first-order chi connectivity index (χ1) is 17.8. The van der Waals surface area contributed by atoms with E-state index in [1.807, 2.05) is 6.20 Å². The lowest BCUT2D eigenvalue weighted by Crippen LogP contribution is -2.34. The Morgan fingerprint density at radius 3 is 2.54 bits per heavy atom. The van der Waals surface area contributed by atoms with Gasteiger partial charge in [0.2, 0.25) is 0 Å². The van der Waals surface area contributed by atoms with Gasteiger partial charge in [-0.25, -0.2) is 0 Å². The van der Waals surface area contributed by atoms with E-state index in [2.05, 4.69) is 93.5 Å². The van der Waals surface area contributed by atoms with Crippen LogP contribution in [0.5, 0.6) is 5.75 Å². The van der Waals surface area contributed by atoms with Crippen LogP contribution < -0.4 is 10.1 Å². The van der Waals surface area contributed by atoms with Crippen molar-refractivity contribution in [3.8, 4) is 17.0 Å². The number of aryl methyl sites for hydroxylation is 2. The van der Waals surface area contributed by atoms with Gasteiger partial charge >= 0.3 is 0 Å². The summed E-state index contributed by atoms with van der Waals surface area (Å²) in [5.41, 5.74) is 10.5. The molecule has 1 aliphatic rings. The van der Waals surface area contributed by atoms with Gasteiger partial charge in [-0.15, -0.1) is 0 Å². The highest BCUT2D eigenvalue weighted by Gasteiger charge is 2.21. The Bertz CT molecular complexity index is 1400. The standard InChI is InChI=1S/C32H40N4O/c1-19(2)23-11-10-21(5)31(15-23)37-18-28-22(6)35-30(14-24(28)16-33-25-8-7-9-25)32-26(20(3)4)12-13-29-27(32)17-34-36-29/h10-15,17,19-20,25,33H,7-9,16,18H2,1-6H3,(H,34,36). The molecular formula is C32H40N4O. The van der Waals surface area contributed by atoms with Crippen LogP contribution in [0.4, 0.5) is 0 Å². The maximum Gasteiger partial charge on any atom is 0.123 e. The van der Waals surface area contributed by atoms with Gasteiger partial charge in [-0.05, 0) is 79.0 Å². The summed E-state index contributed by atoms with van der Waals surface area (Å²) in [7, 11) is 0. The molecule has 0 saturated heterocycles. The highest BCUT2D eigenvalue weighted by molar-refractivity contribution is 5.95. The third-order valence-electron chi connectivity index (χ3n) is 7.90. The fourth-order valence-electron chi connectivity index (χ4n) is 5.20. The van der Waals surface area contributed by atoms with Gasteiger partial charge in [0.05, 0.1) is 17.4 Å². The highest BCUT2D eigenvalue weighted by Crippen LogP contribution is 2.36. The summed E-state index contributed by atoms with van der Waals surface area (Å²) >= 11 is 0. The van der Waals surface area contributed by atoms with E-state index in [0.717, 1.165) is 40.1 Å². The maximum absolute atomic E-state index is 6.46. The van der Waals surface area contributed by atoms with Crippen LogP contribution in [-0.2, 0) is 13.2 Å². The number of aromatic nitrogens is 3. The molecule has 0 radical (unpaired) electrons. The Morgan fingerprint density at radius 2 is 1.84 bits per heavy atom. The molecule has 4 aromatic rings. The lowest BCUT2D eigenvalue weighted by molar-refractivity contribution is 0.298. The van der Waals surface area contributed by atoms with E-state index in [1.165, 1.54) is 47.1 Å². The molecule has 2 aromatic heterocycles. The van der Waals surface area contributed by atoms with E-state index >= 15 is 0 Å². The molecule has 0 bridgehead atoms. The van der Waals surface area contributed by atoms with Gasteiger partial charge in [0.15, 0.2) is 0 Å². The van der Waals surface area contributed by atoms with Crippen molar-refractivity contribution < 1.29 is 4.74 Å². The van der Waals surface area contributed by atoms with E-state index in [-0.39, 0.29) is 0 Å². The van der Waals surface area contributed by atoms with E-state index in [1.54, 1.807) is 0 Å². The zero-order valence-electron chi connectivity index (χ0n) is 23.1. The Morgan fingerprint density at radius 1 is 1.03 bits per heavy atom. The van der Waals surface area contributed by atoms with Crippen LogP contribution in [0.1, 0.15) is 92.3 Å². The number of rotatable bonds is 9. The van der Waals surface area contributed by atoms with E-state index in [9.17, 15) is 0 Å². The van der Waals surface area contributed by atoms with Gasteiger partial charge in [0.1, 0.15) is 12.4 Å². The van der Waals surface area contributed by atoms with Crippen LogP contribution in [0, 0.1) is 13.8 Å². The molecule has 0 amide bonds. The zero-order valence-corrected chi connectivity index (χ0v) is 23.1. The summed E-state index contributed by atoms with van der Waals surface area (Å²) in [6.07, 6.45) is 5.77. The van der Waals surface area contributed by atoms with Crippen molar-refractivity contribution in [2.45, 2.75) is 91.8 Å². The molecule has 2 N–H and O–H groups in total. The summed E-state index contributed by atoms with van der Waals surface area (Å²) in [6, 6.07) is 13.8. The quantitative estimate of drug-likeness (QED) is 0.249. The SMILES string of the molecule is Cc1ccc(C(C)C)cc1OCc1c(CNC2CCC2)cc(-c2c(C(C)C)ccc3[nH]ncc23)nc1C. The normalized spacial score (nSPS) is 14.1. The molecular weight excluding hydrogens is 456 g/mol. The number of pyridine rings is 1. The summed E-state index contributed by atoms with van der Waals surface area (Å²) < 4.78 is 6.46. The first-order valence-electron chi connectivity index (χ1n) is 13.7. The fraction of sp³-hybridized carbons (Fsp3) is 0.438. The second kappa shape index (κ2) is 10.7. The minimum absolute atomic E-state index is 0.382. The molecule has 0 spiro atoms. The monoisotopic (exact) mass is 496 g/mol. The number of ether oxygens (including phenoxy) is 1. The van der Waals surface area contributed by atoms with Crippen molar-refractivity contribution in [3.05, 3.63) is 76.1 Å².